The van der Waals surface area contributed by atoms with Crippen LogP contribution in [0.25, 0.3) is 0 Å². The summed E-state index contributed by atoms with van der Waals surface area (Å²) in [7, 11) is 0. The van der Waals surface area contributed by atoms with E-state index in [1.54, 1.807) is 0 Å². The van der Waals surface area contributed by atoms with E-state index in [1.807, 2.05) is 0 Å². The average Bonchev–Trinajstić information content (AvgIpc) is 2.86. The molecule has 80 valence electrons. The van der Waals surface area contributed by atoms with Crippen LogP contribution < -0.4 is 5.32 Å². The van der Waals surface area contributed by atoms with Crippen LogP contribution in [0.2, 0.25) is 0 Å². The second-order valence-electron chi connectivity index (χ2n) is 4.34. The Bertz CT molecular complexity index is 382. The maximum atomic E-state index is 11.6. The summed E-state index contributed by atoms with van der Waals surface area (Å²) in [6.07, 6.45) is 5.69. The van der Waals surface area contributed by atoms with Gasteiger partial charge in [-0.2, -0.15) is 0 Å². The molecule has 0 radical (unpaired) electrons. The van der Waals surface area contributed by atoms with Crippen LogP contribution in [0.5, 0.6) is 0 Å². The molecule has 1 aromatic heterocycles. The lowest BCUT2D eigenvalue weighted by molar-refractivity contribution is -0.122. The number of hydrogen-bond donors (Lipinski definition) is 1. The average molecular weight is 223 g/mol. The maximum Gasteiger partial charge on any atom is 0.229 e. The molecule has 0 aromatic carbocycles. The molecule has 15 heavy (non-hydrogen) atoms. The minimum Gasteiger partial charge on any atom is -0.300 e. The molecule has 5 heteroatoms. The first-order chi connectivity index (χ1) is 7.33. The molecule has 0 unspecified atom stereocenters. The van der Waals surface area contributed by atoms with Crippen LogP contribution in [-0.2, 0) is 4.79 Å². The van der Waals surface area contributed by atoms with Gasteiger partial charge in [-0.15, -0.1) is 10.2 Å². The van der Waals surface area contributed by atoms with Crippen molar-refractivity contribution in [1.29, 1.82) is 0 Å². The van der Waals surface area contributed by atoms with Crippen molar-refractivity contribution in [3.8, 4) is 0 Å². The summed E-state index contributed by atoms with van der Waals surface area (Å²) in [5.74, 6) is 0.967. The third-order valence-corrected chi connectivity index (χ3v) is 4.07. The molecule has 0 aliphatic heterocycles. The molecule has 1 aromatic rings. The lowest BCUT2D eigenvalue weighted by Gasteiger charge is -2.23. The van der Waals surface area contributed by atoms with Crippen molar-refractivity contribution in [3.63, 3.8) is 0 Å². The fourth-order valence-corrected chi connectivity index (χ4v) is 2.57. The van der Waals surface area contributed by atoms with Gasteiger partial charge in [0.15, 0.2) is 0 Å². The number of hydrogen-bond acceptors (Lipinski definition) is 4. The van der Waals surface area contributed by atoms with Gasteiger partial charge in [-0.1, -0.05) is 17.8 Å². The Morgan fingerprint density at radius 3 is 2.67 bits per heavy atom. The van der Waals surface area contributed by atoms with Crippen molar-refractivity contribution in [2.24, 2.45) is 5.92 Å². The van der Waals surface area contributed by atoms with Gasteiger partial charge in [-0.05, 0) is 25.7 Å². The second kappa shape index (κ2) is 3.56. The zero-order valence-corrected chi connectivity index (χ0v) is 9.22. The molecule has 0 saturated heterocycles. The molecule has 2 saturated carbocycles. The standard InChI is InChI=1S/C10H13N3OS/c14-8(6-2-1-3-6)11-10-13-12-9(15-10)7-4-5-7/h6-7H,1-5H2,(H,11,13,14). The molecule has 0 bridgehead atoms. The Labute approximate surface area is 92.1 Å². The highest BCUT2D eigenvalue weighted by molar-refractivity contribution is 7.15. The molecule has 0 atom stereocenters. The second-order valence-corrected chi connectivity index (χ2v) is 5.35. The predicted molar refractivity (Wildman–Crippen MR) is 57.9 cm³/mol. The molecular weight excluding hydrogens is 210 g/mol. The number of nitrogens with one attached hydrogen (secondary N) is 1. The summed E-state index contributed by atoms with van der Waals surface area (Å²) in [5.41, 5.74) is 0. The Hall–Kier alpha value is -0.970. The van der Waals surface area contributed by atoms with Crippen LogP contribution in [0, 0.1) is 5.92 Å². The molecule has 4 nitrogen and oxygen atoms in total. The van der Waals surface area contributed by atoms with Gasteiger partial charge in [-0.3, -0.25) is 4.79 Å². The van der Waals surface area contributed by atoms with E-state index in [1.165, 1.54) is 30.6 Å². The fraction of sp³-hybridized carbons (Fsp3) is 0.700. The molecule has 2 aliphatic rings. The topological polar surface area (TPSA) is 54.9 Å². The Balaban J connectivity index is 1.62. The van der Waals surface area contributed by atoms with Gasteiger partial charge in [-0.25, -0.2) is 0 Å². The van der Waals surface area contributed by atoms with E-state index in [2.05, 4.69) is 15.5 Å². The first-order valence-electron chi connectivity index (χ1n) is 5.47. The number of aromatic nitrogens is 2. The van der Waals surface area contributed by atoms with Gasteiger partial charge in [0, 0.05) is 11.8 Å². The molecule has 0 spiro atoms. The fourth-order valence-electron chi connectivity index (χ4n) is 1.66. The van der Waals surface area contributed by atoms with Gasteiger partial charge >= 0.3 is 0 Å². The van der Waals surface area contributed by atoms with Crippen molar-refractivity contribution in [1.82, 2.24) is 10.2 Å². The van der Waals surface area contributed by atoms with Gasteiger partial charge in [0.05, 0.1) is 0 Å². The highest BCUT2D eigenvalue weighted by Crippen LogP contribution is 2.42. The number of anilines is 1. The number of rotatable bonds is 3. The summed E-state index contributed by atoms with van der Waals surface area (Å²) >= 11 is 1.53. The minimum atomic E-state index is 0.125. The predicted octanol–water partition coefficient (Wildman–Crippen LogP) is 2.15. The highest BCUT2D eigenvalue weighted by Gasteiger charge is 2.29. The van der Waals surface area contributed by atoms with Gasteiger partial charge in [0.2, 0.25) is 11.0 Å². The number of nitrogens with zero attached hydrogens (tertiary/aromatic N) is 2. The summed E-state index contributed by atoms with van der Waals surface area (Å²) in [5, 5.41) is 12.7. The molecule has 1 N–H and O–H groups in total. The van der Waals surface area contributed by atoms with E-state index < -0.39 is 0 Å². The Kier molecular flexibility index (Phi) is 2.20. The van der Waals surface area contributed by atoms with Crippen LogP contribution in [0.15, 0.2) is 0 Å². The van der Waals surface area contributed by atoms with E-state index in [0.29, 0.717) is 11.0 Å². The molecule has 1 amide bonds. The van der Waals surface area contributed by atoms with E-state index in [-0.39, 0.29) is 11.8 Å². The van der Waals surface area contributed by atoms with E-state index in [0.717, 1.165) is 17.8 Å². The third kappa shape index (κ3) is 1.88. The van der Waals surface area contributed by atoms with Crippen LogP contribution in [0.3, 0.4) is 0 Å². The van der Waals surface area contributed by atoms with E-state index in [9.17, 15) is 4.79 Å². The summed E-state index contributed by atoms with van der Waals surface area (Å²) < 4.78 is 0. The zero-order chi connectivity index (χ0) is 10.3. The van der Waals surface area contributed by atoms with Crippen molar-refractivity contribution in [2.45, 2.75) is 38.0 Å². The summed E-state index contributed by atoms with van der Waals surface area (Å²) in [6.45, 7) is 0. The normalized spacial score (nSPS) is 21.1. The van der Waals surface area contributed by atoms with Gasteiger partial charge in [0.25, 0.3) is 0 Å². The van der Waals surface area contributed by atoms with Crippen LogP contribution in [0.1, 0.15) is 43.0 Å². The smallest absolute Gasteiger partial charge is 0.229 e. The molecule has 2 aliphatic carbocycles. The van der Waals surface area contributed by atoms with Crippen molar-refractivity contribution >= 4 is 22.4 Å². The largest absolute Gasteiger partial charge is 0.300 e. The van der Waals surface area contributed by atoms with E-state index >= 15 is 0 Å². The van der Waals surface area contributed by atoms with Crippen molar-refractivity contribution in [2.75, 3.05) is 5.32 Å². The molecule has 3 rings (SSSR count). The quantitative estimate of drug-likeness (QED) is 0.854. The molecular formula is C10H13N3OS. The van der Waals surface area contributed by atoms with Gasteiger partial charge < -0.3 is 5.32 Å². The zero-order valence-electron chi connectivity index (χ0n) is 8.40. The SMILES string of the molecule is O=C(Nc1nnc(C2CC2)s1)C1CCC1. The monoisotopic (exact) mass is 223 g/mol. The number of carbonyl (C=O) groups is 1. The first kappa shape index (κ1) is 9.27. The summed E-state index contributed by atoms with van der Waals surface area (Å²) in [4.78, 5) is 11.6. The van der Waals surface area contributed by atoms with Gasteiger partial charge in [0.1, 0.15) is 5.01 Å². The van der Waals surface area contributed by atoms with Crippen LogP contribution >= 0.6 is 11.3 Å². The lowest BCUT2D eigenvalue weighted by atomic mass is 9.85. The third-order valence-electron chi connectivity index (χ3n) is 3.07. The Morgan fingerprint density at radius 2 is 2.07 bits per heavy atom. The number of carbonyl (C=O) groups excluding carboxylic acids is 1. The maximum absolute atomic E-state index is 11.6. The molecule has 2 fully saturated rings. The van der Waals surface area contributed by atoms with Crippen molar-refractivity contribution in [3.05, 3.63) is 5.01 Å². The lowest BCUT2D eigenvalue weighted by Crippen LogP contribution is -2.27. The van der Waals surface area contributed by atoms with Crippen LogP contribution in [-0.4, -0.2) is 16.1 Å². The highest BCUT2D eigenvalue weighted by atomic mass is 32.1. The van der Waals surface area contributed by atoms with Crippen molar-refractivity contribution < 1.29 is 4.79 Å². The minimum absolute atomic E-state index is 0.125. The van der Waals surface area contributed by atoms with E-state index in [4.69, 9.17) is 0 Å². The first-order valence-corrected chi connectivity index (χ1v) is 6.29. The van der Waals surface area contributed by atoms with Crippen LogP contribution in [0.4, 0.5) is 5.13 Å². The molecule has 1 heterocycles. The Morgan fingerprint density at radius 1 is 1.27 bits per heavy atom. The summed E-state index contributed by atoms with van der Waals surface area (Å²) in [6, 6.07) is 0. The number of amides is 1.